The molecule has 1 unspecified atom stereocenters. The van der Waals surface area contributed by atoms with Crippen LogP contribution in [0.5, 0.6) is 0 Å². The molecule has 10 heteroatoms. The lowest BCUT2D eigenvalue weighted by molar-refractivity contribution is 0.150. The predicted octanol–water partition coefficient (Wildman–Crippen LogP) is 2.98. The molecular formula is C12H11ClF2N4O2S. The molecule has 22 heavy (non-hydrogen) atoms. The van der Waals surface area contributed by atoms with E-state index in [9.17, 15) is 18.7 Å². The minimum atomic E-state index is -2.74. The highest BCUT2D eigenvalue weighted by Crippen LogP contribution is 2.25. The number of carbonyl (C=O) groups is 1. The van der Waals surface area contributed by atoms with Crippen LogP contribution in [0.15, 0.2) is 24.3 Å². The molecule has 6 nitrogen and oxygen atoms in total. The summed E-state index contributed by atoms with van der Waals surface area (Å²) in [4.78, 5) is 11.8. The molecule has 1 heterocycles. The van der Waals surface area contributed by atoms with Gasteiger partial charge in [0.2, 0.25) is 5.13 Å². The molecular weight excluding hydrogens is 338 g/mol. The van der Waals surface area contributed by atoms with Crippen molar-refractivity contribution in [2.24, 2.45) is 0 Å². The summed E-state index contributed by atoms with van der Waals surface area (Å²) in [6.07, 6.45) is -2.74. The molecule has 0 spiro atoms. The highest BCUT2D eigenvalue weighted by molar-refractivity contribution is 7.15. The van der Waals surface area contributed by atoms with Crippen LogP contribution in [0.3, 0.4) is 0 Å². The Labute approximate surface area is 133 Å². The Morgan fingerprint density at radius 1 is 1.32 bits per heavy atom. The first-order valence-electron chi connectivity index (χ1n) is 6.05. The third-order valence-electron chi connectivity index (χ3n) is 2.61. The summed E-state index contributed by atoms with van der Waals surface area (Å²) in [5.74, 6) is 0. The number of nitrogens with zero attached hydrogens (tertiary/aromatic N) is 2. The second-order valence-corrected chi connectivity index (χ2v) is 5.58. The molecule has 0 aliphatic rings. The quantitative estimate of drug-likeness (QED) is 0.775. The lowest BCUT2D eigenvalue weighted by Crippen LogP contribution is -2.34. The van der Waals surface area contributed by atoms with E-state index in [1.807, 2.05) is 0 Å². The van der Waals surface area contributed by atoms with Gasteiger partial charge in [-0.1, -0.05) is 35.1 Å². The number of benzene rings is 1. The molecule has 0 saturated carbocycles. The second-order valence-electron chi connectivity index (χ2n) is 4.13. The fraction of sp³-hybridized carbons (Fsp3) is 0.250. The Kier molecular flexibility index (Phi) is 5.58. The summed E-state index contributed by atoms with van der Waals surface area (Å²) in [6, 6.07) is 5.20. The molecule has 0 bridgehead atoms. The van der Waals surface area contributed by atoms with Crippen molar-refractivity contribution in [2.75, 3.05) is 11.9 Å². The maximum atomic E-state index is 12.4. The van der Waals surface area contributed by atoms with Crippen LogP contribution in [0.25, 0.3) is 0 Å². The summed E-state index contributed by atoms with van der Waals surface area (Å²) in [5, 5.41) is 20.8. The van der Waals surface area contributed by atoms with Crippen molar-refractivity contribution in [3.8, 4) is 0 Å². The van der Waals surface area contributed by atoms with Crippen LogP contribution in [0.1, 0.15) is 23.0 Å². The molecule has 0 radical (unpaired) electrons. The molecule has 2 aromatic rings. The van der Waals surface area contributed by atoms with Gasteiger partial charge in [-0.15, -0.1) is 10.2 Å². The van der Waals surface area contributed by atoms with Gasteiger partial charge in [-0.2, -0.15) is 0 Å². The highest BCUT2D eigenvalue weighted by Gasteiger charge is 2.17. The first kappa shape index (κ1) is 16.5. The van der Waals surface area contributed by atoms with E-state index in [1.54, 1.807) is 24.3 Å². The largest absolute Gasteiger partial charge is 0.394 e. The van der Waals surface area contributed by atoms with Crippen molar-refractivity contribution in [2.45, 2.75) is 12.5 Å². The Balaban J connectivity index is 1.98. The third-order valence-corrected chi connectivity index (χ3v) is 3.71. The van der Waals surface area contributed by atoms with Crippen molar-refractivity contribution >= 4 is 34.1 Å². The number of halogens is 3. The SMILES string of the molecule is O=C(Nc1nnc(C(F)F)s1)NC(CO)c1ccc(Cl)cc1. The number of nitrogens with one attached hydrogen (secondary N) is 2. The maximum absolute atomic E-state index is 12.4. The number of anilines is 1. The van der Waals surface area contributed by atoms with Gasteiger partial charge in [0.1, 0.15) is 0 Å². The van der Waals surface area contributed by atoms with E-state index in [4.69, 9.17) is 11.6 Å². The lowest BCUT2D eigenvalue weighted by atomic mass is 10.1. The van der Waals surface area contributed by atoms with Crippen molar-refractivity contribution in [1.29, 1.82) is 0 Å². The predicted molar refractivity (Wildman–Crippen MR) is 78.3 cm³/mol. The number of alkyl halides is 2. The number of hydrogen-bond acceptors (Lipinski definition) is 5. The number of rotatable bonds is 5. The van der Waals surface area contributed by atoms with Crippen LogP contribution < -0.4 is 10.6 Å². The molecule has 0 fully saturated rings. The summed E-state index contributed by atoms with van der Waals surface area (Å²) < 4.78 is 24.7. The smallest absolute Gasteiger partial charge is 0.321 e. The normalized spacial score (nSPS) is 12.2. The first-order valence-corrected chi connectivity index (χ1v) is 7.24. The fourth-order valence-corrected chi connectivity index (χ4v) is 2.31. The monoisotopic (exact) mass is 348 g/mol. The van der Waals surface area contributed by atoms with Gasteiger partial charge in [0, 0.05) is 5.02 Å². The Morgan fingerprint density at radius 2 is 2.00 bits per heavy atom. The second kappa shape index (κ2) is 7.43. The summed E-state index contributed by atoms with van der Waals surface area (Å²) in [5.41, 5.74) is 0.646. The van der Waals surface area contributed by atoms with Gasteiger partial charge in [-0.25, -0.2) is 13.6 Å². The number of hydrogen-bond donors (Lipinski definition) is 3. The van der Waals surface area contributed by atoms with Crippen molar-refractivity contribution < 1.29 is 18.7 Å². The molecule has 0 saturated heterocycles. The zero-order valence-corrected chi connectivity index (χ0v) is 12.5. The average Bonchev–Trinajstić information content (AvgIpc) is 2.94. The van der Waals surface area contributed by atoms with E-state index in [2.05, 4.69) is 20.8 Å². The van der Waals surface area contributed by atoms with Crippen LogP contribution in [0.2, 0.25) is 5.02 Å². The molecule has 2 amide bonds. The van der Waals surface area contributed by atoms with Crippen LogP contribution in [0.4, 0.5) is 18.7 Å². The van der Waals surface area contributed by atoms with E-state index in [1.165, 1.54) is 0 Å². The topological polar surface area (TPSA) is 87.1 Å². The molecule has 0 aliphatic carbocycles. The summed E-state index contributed by atoms with van der Waals surface area (Å²) in [7, 11) is 0. The van der Waals surface area contributed by atoms with Crippen molar-refractivity contribution in [3.63, 3.8) is 0 Å². The van der Waals surface area contributed by atoms with Gasteiger partial charge in [0.25, 0.3) is 6.43 Å². The van der Waals surface area contributed by atoms with Crippen LogP contribution in [-0.2, 0) is 0 Å². The lowest BCUT2D eigenvalue weighted by Gasteiger charge is -2.16. The number of carbonyl (C=O) groups excluding carboxylic acids is 1. The van der Waals surface area contributed by atoms with Gasteiger partial charge in [-0.3, -0.25) is 5.32 Å². The summed E-state index contributed by atoms with van der Waals surface area (Å²) in [6.45, 7) is -0.340. The Morgan fingerprint density at radius 3 is 2.55 bits per heavy atom. The zero-order chi connectivity index (χ0) is 16.1. The van der Waals surface area contributed by atoms with Gasteiger partial charge < -0.3 is 10.4 Å². The van der Waals surface area contributed by atoms with Crippen molar-refractivity contribution in [3.05, 3.63) is 39.9 Å². The minimum Gasteiger partial charge on any atom is -0.394 e. The molecule has 1 aromatic carbocycles. The van der Waals surface area contributed by atoms with E-state index in [-0.39, 0.29) is 11.7 Å². The zero-order valence-electron chi connectivity index (χ0n) is 11.0. The third kappa shape index (κ3) is 4.33. The molecule has 0 aliphatic heterocycles. The average molecular weight is 349 g/mol. The van der Waals surface area contributed by atoms with Crippen molar-refractivity contribution in [1.82, 2.24) is 15.5 Å². The van der Waals surface area contributed by atoms with Gasteiger partial charge in [0.15, 0.2) is 5.01 Å². The number of aliphatic hydroxyl groups is 1. The van der Waals surface area contributed by atoms with Crippen LogP contribution in [0, 0.1) is 0 Å². The van der Waals surface area contributed by atoms with E-state index < -0.39 is 23.5 Å². The number of amides is 2. The molecule has 1 atom stereocenters. The Hall–Kier alpha value is -1.84. The van der Waals surface area contributed by atoms with Crippen LogP contribution in [-0.4, -0.2) is 27.9 Å². The standard InChI is InChI=1S/C12H11ClF2N4O2S/c13-7-3-1-6(2-4-7)8(5-20)16-11(21)17-12-19-18-10(22-12)9(14)15/h1-4,8-9,20H,5H2,(H2,16,17,19,21). The molecule has 2 rings (SSSR count). The van der Waals surface area contributed by atoms with E-state index in [0.717, 1.165) is 0 Å². The Bertz CT molecular complexity index is 638. The first-order chi connectivity index (χ1) is 10.5. The van der Waals surface area contributed by atoms with Gasteiger partial charge in [-0.05, 0) is 17.7 Å². The molecule has 118 valence electrons. The maximum Gasteiger partial charge on any atom is 0.321 e. The van der Waals surface area contributed by atoms with Gasteiger partial charge >= 0.3 is 6.03 Å². The number of aliphatic hydroxyl groups excluding tert-OH is 1. The fourth-order valence-electron chi connectivity index (χ4n) is 1.59. The highest BCUT2D eigenvalue weighted by atomic mass is 35.5. The molecule has 1 aromatic heterocycles. The van der Waals surface area contributed by atoms with Gasteiger partial charge in [0.05, 0.1) is 12.6 Å². The number of aromatic nitrogens is 2. The minimum absolute atomic E-state index is 0.0550. The van der Waals surface area contributed by atoms with E-state index in [0.29, 0.717) is 21.9 Å². The van der Waals surface area contributed by atoms with Crippen LogP contribution >= 0.6 is 22.9 Å². The van der Waals surface area contributed by atoms with E-state index >= 15 is 0 Å². The number of urea groups is 1. The summed E-state index contributed by atoms with van der Waals surface area (Å²) >= 11 is 6.34. The molecule has 3 N–H and O–H groups in total.